The molecule has 0 radical (unpaired) electrons. The minimum atomic E-state index is -2.92. The molecule has 0 bridgehead atoms. The van der Waals surface area contributed by atoms with Crippen LogP contribution >= 0.6 is 0 Å². The molecule has 11 heteroatoms. The number of hydrogen-bond donors (Lipinski definition) is 2. The lowest BCUT2D eigenvalue weighted by atomic mass is 10.1. The Morgan fingerprint density at radius 3 is 3.08 bits per heavy atom. The van der Waals surface area contributed by atoms with Crippen molar-refractivity contribution >= 4 is 22.8 Å². The van der Waals surface area contributed by atoms with Gasteiger partial charge >= 0.3 is 6.61 Å². The fraction of sp³-hybridized carbons (Fsp3) is 0.429. The van der Waals surface area contributed by atoms with Gasteiger partial charge in [-0.15, -0.1) is 0 Å². The highest BCUT2D eigenvalue weighted by atomic mass is 19.3. The molecule has 3 aromatic heterocycles. The molecule has 4 rings (SSSR count). The summed E-state index contributed by atoms with van der Waals surface area (Å²) in [5, 5.41) is 13.5. The van der Waals surface area contributed by atoms with E-state index in [-0.39, 0.29) is 17.7 Å². The van der Waals surface area contributed by atoms with Crippen molar-refractivity contribution in [3.8, 4) is 5.88 Å². The highest BCUT2D eigenvalue weighted by molar-refractivity contribution is 5.72. The maximum atomic E-state index is 12.2. The van der Waals surface area contributed by atoms with Gasteiger partial charge in [0, 0.05) is 12.7 Å². The highest BCUT2D eigenvalue weighted by Gasteiger charge is 2.20. The van der Waals surface area contributed by atoms with E-state index >= 15 is 0 Å². The number of fused-ring (bicyclic) bond motifs is 1. The third kappa shape index (κ3) is 3.36. The molecule has 1 atom stereocenters. The van der Waals surface area contributed by atoms with E-state index in [0.29, 0.717) is 23.6 Å². The number of alkyl halides is 2. The molecular formula is C14H15F2N7O2. The molecule has 25 heavy (non-hydrogen) atoms. The molecule has 0 spiro atoms. The summed E-state index contributed by atoms with van der Waals surface area (Å²) in [6.07, 6.45) is 5.11. The first kappa shape index (κ1) is 15.7. The molecule has 0 saturated carbocycles. The highest BCUT2D eigenvalue weighted by Crippen LogP contribution is 2.24. The van der Waals surface area contributed by atoms with Crippen molar-refractivity contribution in [3.63, 3.8) is 0 Å². The first-order valence-electron chi connectivity index (χ1n) is 7.74. The minimum absolute atomic E-state index is 0.118. The van der Waals surface area contributed by atoms with Crippen molar-refractivity contribution in [1.29, 1.82) is 0 Å². The van der Waals surface area contributed by atoms with E-state index in [2.05, 4.69) is 35.3 Å². The van der Waals surface area contributed by atoms with Crippen LogP contribution in [0.15, 0.2) is 18.5 Å². The van der Waals surface area contributed by atoms with Crippen molar-refractivity contribution in [1.82, 2.24) is 29.9 Å². The van der Waals surface area contributed by atoms with E-state index in [0.717, 1.165) is 19.4 Å². The first-order valence-corrected chi connectivity index (χ1v) is 7.74. The molecular weight excluding hydrogens is 336 g/mol. The average Bonchev–Trinajstić information content (AvgIpc) is 3.21. The van der Waals surface area contributed by atoms with Crippen LogP contribution in [0.25, 0.3) is 11.2 Å². The molecule has 0 amide bonds. The zero-order valence-corrected chi connectivity index (χ0v) is 13.0. The van der Waals surface area contributed by atoms with Gasteiger partial charge in [-0.1, -0.05) is 0 Å². The zero-order valence-electron chi connectivity index (χ0n) is 13.0. The molecule has 2 N–H and O–H groups in total. The Balaban J connectivity index is 1.56. The Morgan fingerprint density at radius 1 is 1.36 bits per heavy atom. The third-order valence-electron chi connectivity index (χ3n) is 3.81. The molecule has 4 heterocycles. The topological polar surface area (TPSA) is 103 Å². The fourth-order valence-electron chi connectivity index (χ4n) is 2.72. The normalized spacial score (nSPS) is 18.0. The van der Waals surface area contributed by atoms with Gasteiger partial charge in [-0.2, -0.15) is 19.0 Å². The standard InChI is InChI=1S/C14H15F2N7O2/c15-14(16)25-12-4-10(21-22-12)19-11-6-17-9-5-18-23(13(9)20-11)8-2-1-3-24-7-8/h4-6,8,14H,1-3,7H2,(H2,19,20,21,22). The van der Waals surface area contributed by atoms with Gasteiger partial charge in [-0.05, 0) is 12.8 Å². The van der Waals surface area contributed by atoms with Gasteiger partial charge in [0.1, 0.15) is 5.52 Å². The molecule has 1 unspecified atom stereocenters. The largest absolute Gasteiger partial charge is 0.417 e. The van der Waals surface area contributed by atoms with Gasteiger partial charge in [-0.3, -0.25) is 0 Å². The van der Waals surface area contributed by atoms with Crippen LogP contribution in [0.3, 0.4) is 0 Å². The maximum absolute atomic E-state index is 12.2. The minimum Gasteiger partial charge on any atom is -0.417 e. The lowest BCUT2D eigenvalue weighted by molar-refractivity contribution is -0.0528. The second-order valence-electron chi connectivity index (χ2n) is 5.55. The van der Waals surface area contributed by atoms with Crippen LogP contribution in [-0.4, -0.2) is 49.8 Å². The van der Waals surface area contributed by atoms with Crippen LogP contribution in [0.2, 0.25) is 0 Å². The summed E-state index contributed by atoms with van der Waals surface area (Å²) < 4.78 is 35.9. The van der Waals surface area contributed by atoms with E-state index in [4.69, 9.17) is 4.74 Å². The Kier molecular flexibility index (Phi) is 4.14. The summed E-state index contributed by atoms with van der Waals surface area (Å²) in [6.45, 7) is -1.57. The lowest BCUT2D eigenvalue weighted by Crippen LogP contribution is -2.22. The van der Waals surface area contributed by atoms with Crippen molar-refractivity contribution < 1.29 is 18.3 Å². The summed E-state index contributed by atoms with van der Waals surface area (Å²) in [4.78, 5) is 8.81. The van der Waals surface area contributed by atoms with Gasteiger partial charge in [0.05, 0.1) is 25.0 Å². The second kappa shape index (κ2) is 6.59. The SMILES string of the molecule is FC(F)Oc1cc(Nc2cnc3cnn(C4CCCOC4)c3n2)n[nH]1. The van der Waals surface area contributed by atoms with Crippen molar-refractivity contribution in [3.05, 3.63) is 18.5 Å². The van der Waals surface area contributed by atoms with E-state index in [1.807, 2.05) is 4.68 Å². The molecule has 1 saturated heterocycles. The van der Waals surface area contributed by atoms with Crippen molar-refractivity contribution in [2.24, 2.45) is 0 Å². The maximum Gasteiger partial charge on any atom is 0.388 e. The van der Waals surface area contributed by atoms with Crippen molar-refractivity contribution in [2.45, 2.75) is 25.5 Å². The smallest absolute Gasteiger partial charge is 0.388 e. The van der Waals surface area contributed by atoms with E-state index in [1.54, 1.807) is 6.20 Å². The number of ether oxygens (including phenoxy) is 2. The number of nitrogens with one attached hydrogen (secondary N) is 2. The molecule has 132 valence electrons. The number of H-pyrrole nitrogens is 1. The summed E-state index contributed by atoms with van der Waals surface area (Å²) >= 11 is 0. The zero-order chi connectivity index (χ0) is 17.2. The Hall–Kier alpha value is -2.82. The van der Waals surface area contributed by atoms with Crippen LogP contribution in [0.4, 0.5) is 20.4 Å². The van der Waals surface area contributed by atoms with E-state index < -0.39 is 6.61 Å². The van der Waals surface area contributed by atoms with Crippen LogP contribution in [0.1, 0.15) is 18.9 Å². The summed E-state index contributed by atoms with van der Waals surface area (Å²) in [5.74, 6) is 0.563. The van der Waals surface area contributed by atoms with Crippen molar-refractivity contribution in [2.75, 3.05) is 18.5 Å². The predicted octanol–water partition coefficient (Wildman–Crippen LogP) is 2.25. The molecule has 3 aromatic rings. The van der Waals surface area contributed by atoms with Gasteiger partial charge in [0.15, 0.2) is 17.3 Å². The number of anilines is 2. The lowest BCUT2D eigenvalue weighted by Gasteiger charge is -2.22. The Morgan fingerprint density at radius 2 is 2.28 bits per heavy atom. The number of nitrogens with zero attached hydrogens (tertiary/aromatic N) is 5. The molecule has 9 nitrogen and oxygen atoms in total. The molecule has 1 aliphatic rings. The van der Waals surface area contributed by atoms with Crippen LogP contribution in [-0.2, 0) is 4.74 Å². The monoisotopic (exact) mass is 351 g/mol. The molecule has 1 fully saturated rings. The summed E-state index contributed by atoms with van der Waals surface area (Å²) in [7, 11) is 0. The van der Waals surface area contributed by atoms with Gasteiger partial charge in [0.25, 0.3) is 0 Å². The molecule has 0 aliphatic carbocycles. The fourth-order valence-corrected chi connectivity index (χ4v) is 2.72. The van der Waals surface area contributed by atoms with Gasteiger partial charge in [0.2, 0.25) is 5.88 Å². The third-order valence-corrected chi connectivity index (χ3v) is 3.81. The van der Waals surface area contributed by atoms with Crippen LogP contribution < -0.4 is 10.1 Å². The van der Waals surface area contributed by atoms with Gasteiger partial charge in [-0.25, -0.2) is 19.7 Å². The van der Waals surface area contributed by atoms with Gasteiger partial charge < -0.3 is 14.8 Å². The molecule has 0 aromatic carbocycles. The Labute approximate surface area is 140 Å². The summed E-state index contributed by atoms with van der Waals surface area (Å²) in [6, 6.07) is 1.43. The van der Waals surface area contributed by atoms with Crippen LogP contribution in [0.5, 0.6) is 5.88 Å². The number of halogens is 2. The van der Waals surface area contributed by atoms with E-state index in [1.165, 1.54) is 12.3 Å². The quantitative estimate of drug-likeness (QED) is 0.727. The number of aromatic amines is 1. The average molecular weight is 351 g/mol. The second-order valence-corrected chi connectivity index (χ2v) is 5.55. The molecule has 1 aliphatic heterocycles. The predicted molar refractivity (Wildman–Crippen MR) is 82.9 cm³/mol. The Bertz CT molecular complexity index is 860. The number of rotatable bonds is 5. The number of hydrogen-bond acceptors (Lipinski definition) is 7. The number of aromatic nitrogens is 6. The van der Waals surface area contributed by atoms with E-state index in [9.17, 15) is 8.78 Å². The van der Waals surface area contributed by atoms with Crippen LogP contribution in [0, 0.1) is 0 Å². The first-order chi connectivity index (χ1) is 12.2. The summed E-state index contributed by atoms with van der Waals surface area (Å²) in [5.41, 5.74) is 1.29.